The molecule has 3 rings (SSSR count). The van der Waals surface area contributed by atoms with Gasteiger partial charge in [0.25, 0.3) is 0 Å². The summed E-state index contributed by atoms with van der Waals surface area (Å²) in [6.45, 7) is 4.09. The van der Waals surface area contributed by atoms with E-state index in [-0.39, 0.29) is 11.9 Å². The summed E-state index contributed by atoms with van der Waals surface area (Å²) < 4.78 is 15.6. The molecule has 0 fully saturated rings. The van der Waals surface area contributed by atoms with Crippen LogP contribution in [0, 0.1) is 5.82 Å². The predicted molar refractivity (Wildman–Crippen MR) is 84.9 cm³/mol. The molecule has 1 aromatic heterocycles. The van der Waals surface area contributed by atoms with Gasteiger partial charge in [0.15, 0.2) is 0 Å². The van der Waals surface area contributed by atoms with Gasteiger partial charge in [-0.2, -0.15) is 0 Å². The number of imidazole rings is 1. The first-order valence-corrected chi connectivity index (χ1v) is 7.08. The summed E-state index contributed by atoms with van der Waals surface area (Å²) in [5.74, 6) is 0.318. The van der Waals surface area contributed by atoms with E-state index in [1.165, 1.54) is 12.1 Å². The van der Waals surface area contributed by atoms with Gasteiger partial charge in [0, 0.05) is 22.3 Å². The van der Waals surface area contributed by atoms with Gasteiger partial charge in [0.1, 0.15) is 11.6 Å². The minimum absolute atomic E-state index is 0.145. The second-order valence-corrected chi connectivity index (χ2v) is 5.70. The molecule has 0 saturated carbocycles. The standard InChI is InChI=1S/C16H15ClFN3/c1-9(2)21-15-7-10(17)3-6-14(15)20-16(21)12-8-11(18)4-5-13(12)19/h3-9H,19H2,1-2H3. The van der Waals surface area contributed by atoms with Crippen LogP contribution >= 0.6 is 11.6 Å². The maximum absolute atomic E-state index is 13.6. The topological polar surface area (TPSA) is 43.8 Å². The van der Waals surface area contributed by atoms with Crippen LogP contribution in [0.4, 0.5) is 10.1 Å². The molecule has 108 valence electrons. The summed E-state index contributed by atoms with van der Waals surface area (Å²) in [4.78, 5) is 4.60. The van der Waals surface area contributed by atoms with Crippen LogP contribution in [0.5, 0.6) is 0 Å². The molecule has 0 spiro atoms. The molecule has 0 unspecified atom stereocenters. The van der Waals surface area contributed by atoms with E-state index in [0.717, 1.165) is 11.0 Å². The second kappa shape index (κ2) is 5.04. The Labute approximate surface area is 127 Å². The number of hydrogen-bond donors (Lipinski definition) is 1. The molecule has 0 amide bonds. The highest BCUT2D eigenvalue weighted by Crippen LogP contribution is 2.33. The van der Waals surface area contributed by atoms with E-state index in [9.17, 15) is 4.39 Å². The van der Waals surface area contributed by atoms with E-state index < -0.39 is 0 Å². The molecule has 0 aliphatic carbocycles. The van der Waals surface area contributed by atoms with E-state index in [1.54, 1.807) is 12.1 Å². The van der Waals surface area contributed by atoms with E-state index in [2.05, 4.69) is 4.98 Å². The number of fused-ring (bicyclic) bond motifs is 1. The Morgan fingerprint density at radius 1 is 1.19 bits per heavy atom. The van der Waals surface area contributed by atoms with Crippen molar-refractivity contribution in [2.24, 2.45) is 0 Å². The Bertz CT molecular complexity index is 824. The number of halogens is 2. The molecule has 0 saturated heterocycles. The van der Waals surface area contributed by atoms with Crippen molar-refractivity contribution in [3.63, 3.8) is 0 Å². The van der Waals surface area contributed by atoms with Crippen molar-refractivity contribution in [3.05, 3.63) is 47.2 Å². The normalized spacial score (nSPS) is 11.5. The third-order valence-electron chi connectivity index (χ3n) is 3.42. The van der Waals surface area contributed by atoms with Crippen LogP contribution in [0.25, 0.3) is 22.4 Å². The van der Waals surface area contributed by atoms with Crippen molar-refractivity contribution < 1.29 is 4.39 Å². The van der Waals surface area contributed by atoms with Gasteiger partial charge in [-0.1, -0.05) is 11.6 Å². The van der Waals surface area contributed by atoms with Crippen molar-refractivity contribution in [3.8, 4) is 11.4 Å². The van der Waals surface area contributed by atoms with Crippen LogP contribution in [0.15, 0.2) is 36.4 Å². The predicted octanol–water partition coefficient (Wildman–Crippen LogP) is 4.66. The minimum Gasteiger partial charge on any atom is -0.398 e. The lowest BCUT2D eigenvalue weighted by Gasteiger charge is -2.14. The second-order valence-electron chi connectivity index (χ2n) is 5.26. The first kappa shape index (κ1) is 13.9. The average Bonchev–Trinajstić information content (AvgIpc) is 2.79. The number of anilines is 1. The molecule has 2 N–H and O–H groups in total. The Morgan fingerprint density at radius 2 is 1.95 bits per heavy atom. The molecule has 0 atom stereocenters. The number of nitrogen functional groups attached to an aromatic ring is 1. The largest absolute Gasteiger partial charge is 0.398 e. The van der Waals surface area contributed by atoms with Gasteiger partial charge >= 0.3 is 0 Å². The monoisotopic (exact) mass is 303 g/mol. The van der Waals surface area contributed by atoms with Gasteiger partial charge in [-0.05, 0) is 50.2 Å². The SMILES string of the molecule is CC(C)n1c(-c2cc(F)ccc2N)nc2ccc(Cl)cc21. The third-order valence-corrected chi connectivity index (χ3v) is 3.66. The van der Waals surface area contributed by atoms with Gasteiger partial charge in [-0.3, -0.25) is 0 Å². The molecule has 0 aliphatic rings. The van der Waals surface area contributed by atoms with E-state index >= 15 is 0 Å². The summed E-state index contributed by atoms with van der Waals surface area (Å²) in [5, 5.41) is 0.642. The smallest absolute Gasteiger partial charge is 0.143 e. The number of hydrogen-bond acceptors (Lipinski definition) is 2. The fourth-order valence-electron chi connectivity index (χ4n) is 2.50. The van der Waals surface area contributed by atoms with Crippen LogP contribution in [0.1, 0.15) is 19.9 Å². The van der Waals surface area contributed by atoms with E-state index in [0.29, 0.717) is 22.1 Å². The number of aromatic nitrogens is 2. The van der Waals surface area contributed by atoms with Gasteiger partial charge < -0.3 is 10.3 Å². The maximum atomic E-state index is 13.6. The highest BCUT2D eigenvalue weighted by atomic mass is 35.5. The lowest BCUT2D eigenvalue weighted by molar-refractivity contribution is 0.618. The summed E-state index contributed by atoms with van der Waals surface area (Å²) in [7, 11) is 0. The fraction of sp³-hybridized carbons (Fsp3) is 0.188. The van der Waals surface area contributed by atoms with Crippen molar-refractivity contribution >= 4 is 28.3 Å². The highest BCUT2D eigenvalue weighted by Gasteiger charge is 2.17. The maximum Gasteiger partial charge on any atom is 0.143 e. The number of rotatable bonds is 2. The minimum atomic E-state index is -0.334. The molecule has 0 aliphatic heterocycles. The Morgan fingerprint density at radius 3 is 2.67 bits per heavy atom. The Balaban J connectivity index is 2.36. The summed E-state index contributed by atoms with van der Waals surface area (Å²) in [6.07, 6.45) is 0. The van der Waals surface area contributed by atoms with Crippen molar-refractivity contribution in [2.75, 3.05) is 5.73 Å². The van der Waals surface area contributed by atoms with Crippen LogP contribution in [-0.2, 0) is 0 Å². The molecule has 2 aromatic carbocycles. The molecular weight excluding hydrogens is 289 g/mol. The molecule has 0 radical (unpaired) electrons. The van der Waals surface area contributed by atoms with E-state index in [4.69, 9.17) is 17.3 Å². The summed E-state index contributed by atoms with van der Waals surface area (Å²) in [6, 6.07) is 9.97. The molecule has 3 nitrogen and oxygen atoms in total. The zero-order chi connectivity index (χ0) is 15.1. The van der Waals surface area contributed by atoms with Gasteiger partial charge in [-0.25, -0.2) is 9.37 Å². The van der Waals surface area contributed by atoms with Gasteiger partial charge in [0.05, 0.1) is 11.0 Å². The number of benzene rings is 2. The quantitative estimate of drug-likeness (QED) is 0.700. The molecule has 0 bridgehead atoms. The number of nitrogens with two attached hydrogens (primary N) is 1. The molecule has 5 heteroatoms. The highest BCUT2D eigenvalue weighted by molar-refractivity contribution is 6.31. The first-order valence-electron chi connectivity index (χ1n) is 6.70. The van der Waals surface area contributed by atoms with Crippen molar-refractivity contribution in [2.45, 2.75) is 19.9 Å². The zero-order valence-corrected chi connectivity index (χ0v) is 12.5. The molecular formula is C16H15ClFN3. The lowest BCUT2D eigenvalue weighted by atomic mass is 10.1. The number of nitrogens with zero attached hydrogens (tertiary/aromatic N) is 2. The van der Waals surface area contributed by atoms with Crippen LogP contribution < -0.4 is 5.73 Å². The van der Waals surface area contributed by atoms with Gasteiger partial charge in [0.2, 0.25) is 0 Å². The Kier molecular flexibility index (Phi) is 3.33. The van der Waals surface area contributed by atoms with Crippen molar-refractivity contribution in [1.82, 2.24) is 9.55 Å². The first-order chi connectivity index (χ1) is 9.97. The fourth-order valence-corrected chi connectivity index (χ4v) is 2.67. The van der Waals surface area contributed by atoms with E-state index in [1.807, 2.05) is 30.5 Å². The summed E-state index contributed by atoms with van der Waals surface area (Å²) in [5.41, 5.74) is 8.81. The molecule has 1 heterocycles. The molecule has 21 heavy (non-hydrogen) atoms. The van der Waals surface area contributed by atoms with Crippen molar-refractivity contribution in [1.29, 1.82) is 0 Å². The van der Waals surface area contributed by atoms with Gasteiger partial charge in [-0.15, -0.1) is 0 Å². The van der Waals surface area contributed by atoms with Crippen LogP contribution in [0.3, 0.4) is 0 Å². The zero-order valence-electron chi connectivity index (χ0n) is 11.8. The third kappa shape index (κ3) is 2.36. The summed E-state index contributed by atoms with van der Waals surface area (Å²) >= 11 is 6.08. The molecule has 3 aromatic rings. The lowest BCUT2D eigenvalue weighted by Crippen LogP contribution is -2.04. The van der Waals surface area contributed by atoms with Crippen LogP contribution in [0.2, 0.25) is 5.02 Å². The van der Waals surface area contributed by atoms with Crippen LogP contribution in [-0.4, -0.2) is 9.55 Å². The Hall–Kier alpha value is -2.07. The average molecular weight is 304 g/mol.